The minimum absolute atomic E-state index is 0. The number of hydrogen-bond donors (Lipinski definition) is 2. The molecule has 1 saturated heterocycles. The van der Waals surface area contributed by atoms with Crippen LogP contribution in [0.4, 0.5) is 11.6 Å². The SMILES string of the molecule is Br.Br.Br.Cc1cc(C#N)cc(C)c1Oc1nc(Nc2ccc(C#N)cc2)nc2c1CCN(C1CCNCC1)CC2. The van der Waals surface area contributed by atoms with Crippen LogP contribution in [0.1, 0.15) is 46.4 Å². The summed E-state index contributed by atoms with van der Waals surface area (Å²) >= 11 is 0. The molecule has 0 bridgehead atoms. The molecular weight excluding hydrogens is 702 g/mol. The lowest BCUT2D eigenvalue weighted by Crippen LogP contribution is -2.44. The van der Waals surface area contributed by atoms with Gasteiger partial charge in [-0.2, -0.15) is 15.5 Å². The van der Waals surface area contributed by atoms with Crippen molar-refractivity contribution in [2.24, 2.45) is 0 Å². The summed E-state index contributed by atoms with van der Waals surface area (Å²) in [5.74, 6) is 1.76. The highest BCUT2D eigenvalue weighted by atomic mass is 79.9. The van der Waals surface area contributed by atoms with Gasteiger partial charge in [0.05, 0.1) is 29.0 Å². The molecule has 2 aliphatic heterocycles. The Hall–Kier alpha value is -2.54. The third-order valence-electron chi connectivity index (χ3n) is 7.22. The molecule has 0 radical (unpaired) electrons. The van der Waals surface area contributed by atoms with Crippen LogP contribution < -0.4 is 15.4 Å². The van der Waals surface area contributed by atoms with E-state index < -0.39 is 0 Å². The molecule has 2 N–H and O–H groups in total. The minimum Gasteiger partial charge on any atom is -0.438 e. The Bertz CT molecular complexity index is 1360. The summed E-state index contributed by atoms with van der Waals surface area (Å²) in [6.07, 6.45) is 3.98. The van der Waals surface area contributed by atoms with E-state index in [9.17, 15) is 5.26 Å². The molecule has 0 saturated carbocycles. The number of nitrogens with zero attached hydrogens (tertiary/aromatic N) is 5. The predicted molar refractivity (Wildman–Crippen MR) is 173 cm³/mol. The van der Waals surface area contributed by atoms with Gasteiger partial charge in [-0.05, 0) is 93.7 Å². The highest BCUT2D eigenvalue weighted by Crippen LogP contribution is 2.34. The molecule has 8 nitrogen and oxygen atoms in total. The first-order valence-corrected chi connectivity index (χ1v) is 12.8. The molecule has 0 spiro atoms. The van der Waals surface area contributed by atoms with Crippen LogP contribution in [0.25, 0.3) is 0 Å². The Morgan fingerprint density at radius 3 is 2.15 bits per heavy atom. The summed E-state index contributed by atoms with van der Waals surface area (Å²) in [4.78, 5) is 12.3. The molecule has 2 aromatic carbocycles. The van der Waals surface area contributed by atoms with E-state index in [-0.39, 0.29) is 50.9 Å². The van der Waals surface area contributed by atoms with Gasteiger partial charge in [0.25, 0.3) is 0 Å². The van der Waals surface area contributed by atoms with Crippen molar-refractivity contribution in [3.63, 3.8) is 0 Å². The molecular formula is C29H34Br3N7O. The van der Waals surface area contributed by atoms with Crippen LogP contribution in [0.2, 0.25) is 0 Å². The average molecular weight is 736 g/mol. The van der Waals surface area contributed by atoms with E-state index in [2.05, 4.69) is 27.7 Å². The lowest BCUT2D eigenvalue weighted by Gasteiger charge is -2.33. The van der Waals surface area contributed by atoms with Gasteiger partial charge in [-0.3, -0.25) is 4.90 Å². The smallest absolute Gasteiger partial charge is 0.230 e. The number of ether oxygens (including phenoxy) is 1. The van der Waals surface area contributed by atoms with Crippen LogP contribution >= 0.6 is 50.9 Å². The third kappa shape index (κ3) is 7.80. The molecule has 5 rings (SSSR count). The molecule has 2 aliphatic rings. The molecule has 3 heterocycles. The molecule has 1 aromatic heterocycles. The predicted octanol–water partition coefficient (Wildman–Crippen LogP) is 6.26. The van der Waals surface area contributed by atoms with Gasteiger partial charge in [-0.15, -0.1) is 50.9 Å². The fourth-order valence-electron chi connectivity index (χ4n) is 5.29. The number of halogens is 3. The Labute approximate surface area is 267 Å². The molecule has 212 valence electrons. The summed E-state index contributed by atoms with van der Waals surface area (Å²) in [7, 11) is 0. The summed E-state index contributed by atoms with van der Waals surface area (Å²) in [5, 5.41) is 25.2. The lowest BCUT2D eigenvalue weighted by atomic mass is 10.0. The molecule has 0 aliphatic carbocycles. The zero-order chi connectivity index (χ0) is 25.8. The van der Waals surface area contributed by atoms with Crippen LogP contribution in [-0.2, 0) is 12.8 Å². The molecule has 40 heavy (non-hydrogen) atoms. The van der Waals surface area contributed by atoms with Gasteiger partial charge in [0, 0.05) is 36.8 Å². The van der Waals surface area contributed by atoms with Crippen LogP contribution in [0.5, 0.6) is 11.6 Å². The van der Waals surface area contributed by atoms with Gasteiger partial charge >= 0.3 is 0 Å². The van der Waals surface area contributed by atoms with Crippen LogP contribution in [0, 0.1) is 36.5 Å². The number of aryl methyl sites for hydroxylation is 2. The molecule has 1 fully saturated rings. The Morgan fingerprint density at radius 2 is 1.52 bits per heavy atom. The van der Waals surface area contributed by atoms with Gasteiger partial charge in [0.1, 0.15) is 5.75 Å². The second-order valence-electron chi connectivity index (χ2n) is 9.76. The Morgan fingerprint density at radius 1 is 0.900 bits per heavy atom. The number of nitrogens with one attached hydrogen (secondary N) is 2. The Balaban J connectivity index is 0.00000187. The summed E-state index contributed by atoms with van der Waals surface area (Å²) in [5.41, 5.74) is 5.87. The molecule has 0 atom stereocenters. The largest absolute Gasteiger partial charge is 0.438 e. The molecule has 0 unspecified atom stereocenters. The fraction of sp³-hybridized carbons (Fsp3) is 0.379. The number of fused-ring (bicyclic) bond motifs is 1. The van der Waals surface area contributed by atoms with Crippen LogP contribution in [-0.4, -0.2) is 47.1 Å². The van der Waals surface area contributed by atoms with Crippen LogP contribution in [0.15, 0.2) is 36.4 Å². The fourth-order valence-corrected chi connectivity index (χ4v) is 5.29. The van der Waals surface area contributed by atoms with Crippen molar-refractivity contribution >= 4 is 62.6 Å². The summed E-state index contributed by atoms with van der Waals surface area (Å²) in [6.45, 7) is 7.95. The number of nitriles is 2. The Kier molecular flexibility index (Phi) is 13.0. The second kappa shape index (κ2) is 15.5. The van der Waals surface area contributed by atoms with Gasteiger partial charge in [-0.25, -0.2) is 4.98 Å². The first-order valence-electron chi connectivity index (χ1n) is 12.8. The number of anilines is 2. The van der Waals surface area contributed by atoms with E-state index in [4.69, 9.17) is 20.0 Å². The van der Waals surface area contributed by atoms with E-state index in [1.165, 1.54) is 12.8 Å². The summed E-state index contributed by atoms with van der Waals surface area (Å²) < 4.78 is 6.52. The quantitative estimate of drug-likeness (QED) is 0.316. The normalized spacial score (nSPS) is 15.0. The lowest BCUT2D eigenvalue weighted by molar-refractivity contribution is 0.169. The average Bonchev–Trinajstić information content (AvgIpc) is 3.14. The van der Waals surface area contributed by atoms with Crippen molar-refractivity contribution in [2.45, 2.75) is 45.6 Å². The molecule has 0 amide bonds. The second-order valence-corrected chi connectivity index (χ2v) is 9.76. The summed E-state index contributed by atoms with van der Waals surface area (Å²) in [6, 6.07) is 15.9. The highest BCUT2D eigenvalue weighted by molar-refractivity contribution is 8.93. The molecule has 3 aromatic rings. The third-order valence-corrected chi connectivity index (χ3v) is 7.22. The number of piperidine rings is 1. The van der Waals surface area contributed by atoms with Crippen molar-refractivity contribution in [2.75, 3.05) is 31.5 Å². The number of benzene rings is 2. The van der Waals surface area contributed by atoms with Crippen LogP contribution in [0.3, 0.4) is 0 Å². The van der Waals surface area contributed by atoms with Crippen molar-refractivity contribution in [3.8, 4) is 23.8 Å². The van der Waals surface area contributed by atoms with E-state index in [0.29, 0.717) is 29.0 Å². The van der Waals surface area contributed by atoms with Crippen molar-refractivity contribution in [1.29, 1.82) is 10.5 Å². The maximum Gasteiger partial charge on any atom is 0.230 e. The molecule has 11 heteroatoms. The van der Waals surface area contributed by atoms with Gasteiger partial charge in [-0.1, -0.05) is 0 Å². The maximum atomic E-state index is 9.35. The van der Waals surface area contributed by atoms with Gasteiger partial charge in [0.2, 0.25) is 11.8 Å². The van der Waals surface area contributed by atoms with E-state index in [1.807, 2.05) is 38.1 Å². The van der Waals surface area contributed by atoms with Gasteiger partial charge in [0.15, 0.2) is 0 Å². The first-order chi connectivity index (χ1) is 18.0. The minimum atomic E-state index is 0. The van der Waals surface area contributed by atoms with E-state index >= 15 is 0 Å². The number of aromatic nitrogens is 2. The maximum absolute atomic E-state index is 9.35. The zero-order valence-electron chi connectivity index (χ0n) is 22.6. The van der Waals surface area contributed by atoms with Crippen molar-refractivity contribution in [1.82, 2.24) is 20.2 Å². The monoisotopic (exact) mass is 733 g/mol. The standard InChI is InChI=1S/C29H31N7O.3BrH/c1-19-15-22(18-31)16-20(2)27(19)37-28-25-9-13-36(24-7-11-32-12-8-24)14-10-26(25)34-29(35-28)33-23-5-3-21(17-30)4-6-23;;;/h3-6,15-16,24,32H,7-14H2,1-2H3,(H,33,34,35);3*1H. The zero-order valence-corrected chi connectivity index (χ0v) is 27.7. The first kappa shape index (κ1) is 33.7. The van der Waals surface area contributed by atoms with Crippen molar-refractivity contribution < 1.29 is 4.74 Å². The number of hydrogen-bond acceptors (Lipinski definition) is 8. The van der Waals surface area contributed by atoms with Gasteiger partial charge < -0.3 is 15.4 Å². The van der Waals surface area contributed by atoms with E-state index in [1.54, 1.807) is 12.1 Å². The highest BCUT2D eigenvalue weighted by Gasteiger charge is 2.27. The number of rotatable bonds is 5. The topological polar surface area (TPSA) is 110 Å². The van der Waals surface area contributed by atoms with E-state index in [0.717, 1.165) is 72.8 Å². The van der Waals surface area contributed by atoms with Crippen molar-refractivity contribution in [3.05, 3.63) is 69.9 Å².